The van der Waals surface area contributed by atoms with Crippen LogP contribution in [0.15, 0.2) is 29.1 Å². The Bertz CT molecular complexity index is 765. The van der Waals surface area contributed by atoms with Gasteiger partial charge in [0.25, 0.3) is 0 Å². The highest BCUT2D eigenvalue weighted by molar-refractivity contribution is 5.67. The topological polar surface area (TPSA) is 89.4 Å². The molecule has 1 atom stereocenters. The van der Waals surface area contributed by atoms with Crippen molar-refractivity contribution in [3.8, 4) is 11.4 Å². The molecule has 3 rings (SSSR count). The molecule has 1 fully saturated rings. The third-order valence-corrected chi connectivity index (χ3v) is 4.19. The number of hydrogen-bond donors (Lipinski definition) is 1. The number of aromatic nitrogens is 3. The molecule has 1 N–H and O–H groups in total. The molecule has 0 spiro atoms. The van der Waals surface area contributed by atoms with Crippen LogP contribution in [0.5, 0.6) is 5.75 Å². The SMILES string of the molecule is COC(=O)N1CCCC(c2nn(-c3ccc(OC)cc3)c(=O)[nH]2)C1. The molecule has 0 bridgehead atoms. The maximum atomic E-state index is 12.2. The predicted molar refractivity (Wildman–Crippen MR) is 86.7 cm³/mol. The molecule has 1 amide bonds. The second kappa shape index (κ2) is 6.77. The van der Waals surface area contributed by atoms with E-state index in [2.05, 4.69) is 10.1 Å². The summed E-state index contributed by atoms with van der Waals surface area (Å²) in [6.45, 7) is 1.15. The molecule has 1 unspecified atom stereocenters. The Kier molecular flexibility index (Phi) is 4.54. The van der Waals surface area contributed by atoms with E-state index in [1.54, 1.807) is 36.3 Å². The molecular weight excluding hydrogens is 312 g/mol. The van der Waals surface area contributed by atoms with Crippen molar-refractivity contribution >= 4 is 6.09 Å². The number of ether oxygens (including phenoxy) is 2. The van der Waals surface area contributed by atoms with E-state index in [4.69, 9.17) is 9.47 Å². The van der Waals surface area contributed by atoms with Crippen LogP contribution in [0.4, 0.5) is 4.79 Å². The standard InChI is InChI=1S/C16H20N4O4/c1-23-13-7-5-12(6-8-13)20-15(21)17-14(18-20)11-4-3-9-19(10-11)16(22)24-2/h5-8,11H,3-4,9-10H2,1-2H3,(H,17,18,21). The maximum Gasteiger partial charge on any atom is 0.409 e. The molecule has 1 saturated heterocycles. The summed E-state index contributed by atoms with van der Waals surface area (Å²) in [7, 11) is 2.95. The number of benzene rings is 1. The number of carbonyl (C=O) groups excluding carboxylic acids is 1. The fourth-order valence-corrected chi connectivity index (χ4v) is 2.92. The first kappa shape index (κ1) is 16.1. The molecular formula is C16H20N4O4. The monoisotopic (exact) mass is 332 g/mol. The summed E-state index contributed by atoms with van der Waals surface area (Å²) in [5.41, 5.74) is 0.356. The van der Waals surface area contributed by atoms with Gasteiger partial charge in [-0.05, 0) is 37.1 Å². The lowest BCUT2D eigenvalue weighted by Gasteiger charge is -2.30. The van der Waals surface area contributed by atoms with Crippen molar-refractivity contribution in [3.05, 3.63) is 40.6 Å². The van der Waals surface area contributed by atoms with E-state index in [-0.39, 0.29) is 17.7 Å². The first-order valence-electron chi connectivity index (χ1n) is 7.79. The highest BCUT2D eigenvalue weighted by atomic mass is 16.5. The van der Waals surface area contributed by atoms with E-state index in [0.29, 0.717) is 30.4 Å². The van der Waals surface area contributed by atoms with Crippen molar-refractivity contribution in [2.45, 2.75) is 18.8 Å². The van der Waals surface area contributed by atoms with Gasteiger partial charge < -0.3 is 14.4 Å². The molecule has 24 heavy (non-hydrogen) atoms. The number of aromatic amines is 1. The Hall–Kier alpha value is -2.77. The van der Waals surface area contributed by atoms with Crippen LogP contribution in [-0.2, 0) is 4.74 Å². The molecule has 128 valence electrons. The lowest BCUT2D eigenvalue weighted by molar-refractivity contribution is 0.110. The summed E-state index contributed by atoms with van der Waals surface area (Å²) in [5, 5.41) is 4.41. The molecule has 1 aromatic heterocycles. The van der Waals surface area contributed by atoms with Crippen LogP contribution in [-0.4, -0.2) is 53.1 Å². The summed E-state index contributed by atoms with van der Waals surface area (Å²) in [6, 6.07) is 7.09. The van der Waals surface area contributed by atoms with E-state index >= 15 is 0 Å². The fourth-order valence-electron chi connectivity index (χ4n) is 2.92. The fraction of sp³-hybridized carbons (Fsp3) is 0.438. The molecule has 8 heteroatoms. The van der Waals surface area contributed by atoms with Gasteiger partial charge in [-0.25, -0.2) is 9.59 Å². The zero-order valence-electron chi connectivity index (χ0n) is 13.7. The third-order valence-electron chi connectivity index (χ3n) is 4.19. The third kappa shape index (κ3) is 3.12. The highest BCUT2D eigenvalue weighted by Crippen LogP contribution is 2.24. The van der Waals surface area contributed by atoms with Crippen molar-refractivity contribution in [1.29, 1.82) is 0 Å². The number of piperidine rings is 1. The number of nitrogens with zero attached hydrogens (tertiary/aromatic N) is 3. The van der Waals surface area contributed by atoms with Gasteiger partial charge in [-0.2, -0.15) is 4.68 Å². The predicted octanol–water partition coefficient (Wildman–Crippen LogP) is 1.51. The minimum Gasteiger partial charge on any atom is -0.497 e. The van der Waals surface area contributed by atoms with Gasteiger partial charge in [0.2, 0.25) is 0 Å². The minimum absolute atomic E-state index is 0.00921. The van der Waals surface area contributed by atoms with E-state index < -0.39 is 0 Å². The molecule has 2 aromatic rings. The van der Waals surface area contributed by atoms with Gasteiger partial charge in [0.05, 0.1) is 19.9 Å². The van der Waals surface area contributed by atoms with Crippen LogP contribution in [0.2, 0.25) is 0 Å². The molecule has 1 aromatic carbocycles. The lowest BCUT2D eigenvalue weighted by atomic mass is 9.98. The Morgan fingerprint density at radius 2 is 2.04 bits per heavy atom. The largest absolute Gasteiger partial charge is 0.497 e. The van der Waals surface area contributed by atoms with E-state index in [1.807, 2.05) is 0 Å². The van der Waals surface area contributed by atoms with Gasteiger partial charge in [-0.1, -0.05) is 0 Å². The smallest absolute Gasteiger partial charge is 0.409 e. The first-order valence-corrected chi connectivity index (χ1v) is 7.79. The molecule has 0 aliphatic carbocycles. The molecule has 2 heterocycles. The van der Waals surface area contributed by atoms with Crippen LogP contribution in [0.1, 0.15) is 24.6 Å². The number of carbonyl (C=O) groups is 1. The van der Waals surface area contributed by atoms with Crippen molar-refractivity contribution < 1.29 is 14.3 Å². The zero-order chi connectivity index (χ0) is 17.1. The first-order chi connectivity index (χ1) is 11.6. The van der Waals surface area contributed by atoms with E-state index in [9.17, 15) is 9.59 Å². The van der Waals surface area contributed by atoms with Crippen LogP contribution in [0.25, 0.3) is 5.69 Å². The van der Waals surface area contributed by atoms with Crippen LogP contribution >= 0.6 is 0 Å². The Labute approximate surface area is 139 Å². The van der Waals surface area contributed by atoms with Crippen molar-refractivity contribution in [1.82, 2.24) is 19.7 Å². The summed E-state index contributed by atoms with van der Waals surface area (Å²) in [6.07, 6.45) is 1.36. The van der Waals surface area contributed by atoms with Gasteiger partial charge in [0, 0.05) is 19.0 Å². The lowest BCUT2D eigenvalue weighted by Crippen LogP contribution is -2.39. The van der Waals surface area contributed by atoms with Crippen molar-refractivity contribution in [3.63, 3.8) is 0 Å². The quantitative estimate of drug-likeness (QED) is 0.920. The maximum absolute atomic E-state index is 12.2. The van der Waals surface area contributed by atoms with E-state index in [0.717, 1.165) is 12.8 Å². The van der Waals surface area contributed by atoms with Crippen LogP contribution in [0.3, 0.4) is 0 Å². The molecule has 1 aliphatic rings. The normalized spacial score (nSPS) is 17.6. The number of likely N-dealkylation sites (tertiary alicyclic amines) is 1. The van der Waals surface area contributed by atoms with Crippen LogP contribution in [0, 0.1) is 0 Å². The number of rotatable bonds is 3. The van der Waals surface area contributed by atoms with Crippen LogP contribution < -0.4 is 10.4 Å². The van der Waals surface area contributed by atoms with Gasteiger partial charge in [-0.3, -0.25) is 4.98 Å². The zero-order valence-corrected chi connectivity index (χ0v) is 13.7. The summed E-state index contributed by atoms with van der Waals surface area (Å²) >= 11 is 0. The number of methoxy groups -OCH3 is 2. The summed E-state index contributed by atoms with van der Waals surface area (Å²) in [5.74, 6) is 1.29. The summed E-state index contributed by atoms with van der Waals surface area (Å²) in [4.78, 5) is 28.4. The van der Waals surface area contributed by atoms with Gasteiger partial charge in [0.1, 0.15) is 11.6 Å². The number of hydrogen-bond acceptors (Lipinski definition) is 5. The second-order valence-corrected chi connectivity index (χ2v) is 5.68. The van der Waals surface area contributed by atoms with Gasteiger partial charge in [0.15, 0.2) is 0 Å². The Balaban J connectivity index is 1.82. The average Bonchev–Trinajstić information content (AvgIpc) is 3.03. The molecule has 0 radical (unpaired) electrons. The summed E-state index contributed by atoms with van der Waals surface area (Å²) < 4.78 is 11.2. The average molecular weight is 332 g/mol. The molecule has 0 saturated carbocycles. The minimum atomic E-state index is -0.350. The van der Waals surface area contributed by atoms with Crippen molar-refractivity contribution in [2.24, 2.45) is 0 Å². The van der Waals surface area contributed by atoms with Gasteiger partial charge in [-0.15, -0.1) is 5.10 Å². The second-order valence-electron chi connectivity index (χ2n) is 5.68. The number of nitrogens with one attached hydrogen (secondary N) is 1. The van der Waals surface area contributed by atoms with E-state index in [1.165, 1.54) is 11.8 Å². The Morgan fingerprint density at radius 3 is 2.71 bits per heavy atom. The Morgan fingerprint density at radius 1 is 1.29 bits per heavy atom. The highest BCUT2D eigenvalue weighted by Gasteiger charge is 2.27. The van der Waals surface area contributed by atoms with Gasteiger partial charge >= 0.3 is 11.8 Å². The number of H-pyrrole nitrogens is 1. The van der Waals surface area contributed by atoms with Crippen molar-refractivity contribution in [2.75, 3.05) is 27.3 Å². The molecule has 1 aliphatic heterocycles. The number of amides is 1. The molecule has 8 nitrogen and oxygen atoms in total.